The lowest BCUT2D eigenvalue weighted by molar-refractivity contribution is -0.599. The molecule has 0 fully saturated rings. The second-order valence-corrected chi connectivity index (χ2v) is 3.56. The number of carbonyl (C=O) groups excluding carboxylic acids is 1. The maximum Gasteiger partial charge on any atom is 0.348 e. The van der Waals surface area contributed by atoms with Crippen molar-refractivity contribution in [1.82, 2.24) is 4.98 Å². The van der Waals surface area contributed by atoms with E-state index in [9.17, 15) is 9.90 Å². The number of pyridine rings is 1. The van der Waals surface area contributed by atoms with Crippen LogP contribution in [0.2, 0.25) is 0 Å². The van der Waals surface area contributed by atoms with Crippen molar-refractivity contribution in [3.8, 4) is 11.0 Å². The van der Waals surface area contributed by atoms with E-state index in [4.69, 9.17) is 0 Å². The summed E-state index contributed by atoms with van der Waals surface area (Å²) in [6.45, 7) is 0. The summed E-state index contributed by atoms with van der Waals surface area (Å²) < 4.78 is 1.64. The molecule has 0 amide bonds. The van der Waals surface area contributed by atoms with Crippen LogP contribution in [0.4, 0.5) is 0 Å². The number of rotatable bonds is 2. The summed E-state index contributed by atoms with van der Waals surface area (Å²) in [7, 11) is 0. The molecule has 0 saturated carbocycles. The third-order valence-corrected chi connectivity index (χ3v) is 2.45. The molecule has 0 atom stereocenters. The number of aldehydes is 1. The zero-order chi connectivity index (χ0) is 9.97. The molecular formula is C9H6N2O2S. The highest BCUT2D eigenvalue weighted by Crippen LogP contribution is 2.19. The highest BCUT2D eigenvalue weighted by atomic mass is 32.1. The maximum atomic E-state index is 11.0. The van der Waals surface area contributed by atoms with Gasteiger partial charge in [0.2, 0.25) is 0 Å². The second-order valence-electron chi connectivity index (χ2n) is 2.57. The van der Waals surface area contributed by atoms with Gasteiger partial charge in [0.25, 0.3) is 0 Å². The van der Waals surface area contributed by atoms with Crippen LogP contribution in [0.3, 0.4) is 0 Å². The van der Waals surface area contributed by atoms with Crippen LogP contribution in [0.15, 0.2) is 30.6 Å². The average Bonchev–Trinajstić information content (AvgIpc) is 2.61. The van der Waals surface area contributed by atoms with Gasteiger partial charge in [-0.2, -0.15) is 0 Å². The van der Waals surface area contributed by atoms with Crippen molar-refractivity contribution in [3.63, 3.8) is 0 Å². The normalized spacial score (nSPS) is 10.0. The van der Waals surface area contributed by atoms with Gasteiger partial charge in [0.1, 0.15) is 0 Å². The van der Waals surface area contributed by atoms with E-state index in [0.717, 1.165) is 11.3 Å². The van der Waals surface area contributed by atoms with Crippen LogP contribution < -0.4 is 9.67 Å². The number of hydrogen-bond acceptors (Lipinski definition) is 4. The number of nitrogens with zero attached hydrogens (tertiary/aromatic N) is 2. The standard InChI is InChI=1S/C9H6N2O2S/c12-6-7-8(10-9(13)14-7)11-4-2-1-3-5-11/h1-6H. The maximum absolute atomic E-state index is 11.0. The lowest BCUT2D eigenvalue weighted by atomic mass is 10.4. The first kappa shape index (κ1) is 8.83. The Kier molecular flexibility index (Phi) is 2.24. The van der Waals surface area contributed by atoms with E-state index < -0.39 is 0 Å². The van der Waals surface area contributed by atoms with Crippen molar-refractivity contribution in [2.75, 3.05) is 0 Å². The summed E-state index contributed by atoms with van der Waals surface area (Å²) in [5.74, 6) is 0.399. The summed E-state index contributed by atoms with van der Waals surface area (Å²) in [6.07, 6.45) is 4.12. The van der Waals surface area contributed by atoms with Crippen molar-refractivity contribution in [3.05, 3.63) is 35.5 Å². The molecule has 0 aromatic carbocycles. The van der Waals surface area contributed by atoms with Gasteiger partial charge in [-0.3, -0.25) is 4.79 Å². The SMILES string of the molecule is O=Cc1sc([O-])nc1-[n+]1ccccc1. The average molecular weight is 206 g/mol. The van der Waals surface area contributed by atoms with Gasteiger partial charge in [-0.25, -0.2) is 4.57 Å². The van der Waals surface area contributed by atoms with E-state index in [2.05, 4.69) is 4.98 Å². The predicted molar refractivity (Wildman–Crippen MR) is 48.5 cm³/mol. The van der Waals surface area contributed by atoms with Gasteiger partial charge in [0.05, 0.1) is 12.4 Å². The molecule has 0 N–H and O–H groups in total. The molecule has 0 aliphatic carbocycles. The topological polar surface area (TPSA) is 56.9 Å². The van der Waals surface area contributed by atoms with Gasteiger partial charge in [-0.15, -0.1) is 0 Å². The van der Waals surface area contributed by atoms with Gasteiger partial charge in [-0.1, -0.05) is 17.4 Å². The Balaban J connectivity index is 2.56. The number of thiazole rings is 1. The number of aromatic nitrogens is 2. The summed E-state index contributed by atoms with van der Waals surface area (Å²) in [4.78, 5) is 14.7. The minimum Gasteiger partial charge on any atom is -0.831 e. The Bertz CT molecular complexity index is 453. The predicted octanol–water partition coefficient (Wildman–Crippen LogP) is 0.306. The highest BCUT2D eigenvalue weighted by Gasteiger charge is 2.16. The number of hydrogen-bond donors (Lipinski definition) is 0. The highest BCUT2D eigenvalue weighted by molar-refractivity contribution is 7.15. The molecule has 14 heavy (non-hydrogen) atoms. The first-order chi connectivity index (χ1) is 6.81. The monoisotopic (exact) mass is 206 g/mol. The smallest absolute Gasteiger partial charge is 0.348 e. The minimum absolute atomic E-state index is 0.349. The lowest BCUT2D eigenvalue weighted by Gasteiger charge is -1.91. The quantitative estimate of drug-likeness (QED) is 0.524. The molecule has 2 aromatic heterocycles. The van der Waals surface area contributed by atoms with Crippen LogP contribution in [0.5, 0.6) is 5.19 Å². The molecule has 0 aliphatic heterocycles. The van der Waals surface area contributed by atoms with E-state index in [-0.39, 0.29) is 5.19 Å². The largest absolute Gasteiger partial charge is 0.831 e. The molecule has 0 aliphatic rings. The van der Waals surface area contributed by atoms with Crippen molar-refractivity contribution < 1.29 is 14.5 Å². The van der Waals surface area contributed by atoms with Crippen LogP contribution in [-0.4, -0.2) is 11.3 Å². The molecule has 0 bridgehead atoms. The van der Waals surface area contributed by atoms with Crippen LogP contribution in [0.25, 0.3) is 5.82 Å². The third-order valence-electron chi connectivity index (χ3n) is 1.68. The molecule has 70 valence electrons. The fourth-order valence-corrected chi connectivity index (χ4v) is 1.72. The molecule has 4 nitrogen and oxygen atoms in total. The van der Waals surface area contributed by atoms with Gasteiger partial charge >= 0.3 is 5.82 Å². The Morgan fingerprint density at radius 1 is 1.36 bits per heavy atom. The molecule has 0 spiro atoms. The molecule has 0 radical (unpaired) electrons. The van der Waals surface area contributed by atoms with Crippen LogP contribution in [0, 0.1) is 0 Å². The van der Waals surface area contributed by atoms with Gasteiger partial charge in [0.15, 0.2) is 16.4 Å². The Labute approximate surface area is 84.1 Å². The van der Waals surface area contributed by atoms with Gasteiger partial charge < -0.3 is 5.11 Å². The van der Waals surface area contributed by atoms with Crippen LogP contribution in [0.1, 0.15) is 9.67 Å². The lowest BCUT2D eigenvalue weighted by Crippen LogP contribution is -2.30. The van der Waals surface area contributed by atoms with E-state index in [1.807, 2.05) is 6.07 Å². The van der Waals surface area contributed by atoms with E-state index in [0.29, 0.717) is 17.0 Å². The first-order valence-corrected chi connectivity index (χ1v) is 4.72. The van der Waals surface area contributed by atoms with Crippen molar-refractivity contribution in [2.24, 2.45) is 0 Å². The molecule has 0 saturated heterocycles. The van der Waals surface area contributed by atoms with Crippen molar-refractivity contribution >= 4 is 17.6 Å². The molecule has 2 heterocycles. The van der Waals surface area contributed by atoms with Crippen molar-refractivity contribution in [1.29, 1.82) is 0 Å². The zero-order valence-corrected chi connectivity index (χ0v) is 7.90. The van der Waals surface area contributed by atoms with Gasteiger partial charge in [-0.05, 0) is 17.1 Å². The summed E-state index contributed by atoms with van der Waals surface area (Å²) in [6, 6.07) is 5.46. The van der Waals surface area contributed by atoms with Gasteiger partial charge in [0, 0.05) is 0 Å². The van der Waals surface area contributed by atoms with E-state index >= 15 is 0 Å². The van der Waals surface area contributed by atoms with Crippen LogP contribution >= 0.6 is 11.3 Å². The molecule has 2 rings (SSSR count). The second kappa shape index (κ2) is 3.55. The molecule has 5 heteroatoms. The van der Waals surface area contributed by atoms with Crippen molar-refractivity contribution in [2.45, 2.75) is 0 Å². The summed E-state index contributed by atoms with van der Waals surface area (Å²) in [5, 5.41) is 10.6. The zero-order valence-electron chi connectivity index (χ0n) is 7.08. The number of carbonyl (C=O) groups is 1. The minimum atomic E-state index is -0.349. The summed E-state index contributed by atoms with van der Waals surface area (Å²) in [5.41, 5.74) is 0. The van der Waals surface area contributed by atoms with E-state index in [1.165, 1.54) is 0 Å². The fraction of sp³-hybridized carbons (Fsp3) is 0. The fourth-order valence-electron chi connectivity index (χ4n) is 1.11. The molecular weight excluding hydrogens is 200 g/mol. The molecule has 0 unspecified atom stereocenters. The third kappa shape index (κ3) is 1.49. The first-order valence-electron chi connectivity index (χ1n) is 3.91. The Morgan fingerprint density at radius 2 is 2.07 bits per heavy atom. The molecule has 2 aromatic rings. The van der Waals surface area contributed by atoms with E-state index in [1.54, 1.807) is 29.1 Å². The Morgan fingerprint density at radius 3 is 2.71 bits per heavy atom. The van der Waals surface area contributed by atoms with Crippen LogP contribution in [-0.2, 0) is 0 Å². The summed E-state index contributed by atoms with van der Waals surface area (Å²) >= 11 is 0.854. The Hall–Kier alpha value is -1.75.